The minimum absolute atomic E-state index is 0.0962. The van der Waals surface area contributed by atoms with E-state index in [9.17, 15) is 9.59 Å². The van der Waals surface area contributed by atoms with Crippen LogP contribution in [0.25, 0.3) is 6.08 Å². The summed E-state index contributed by atoms with van der Waals surface area (Å²) in [6.07, 6.45) is 2.94. The van der Waals surface area contributed by atoms with Gasteiger partial charge in [0.15, 0.2) is 0 Å². The molecule has 3 aromatic carbocycles. The van der Waals surface area contributed by atoms with Crippen LogP contribution in [0.2, 0.25) is 0 Å². The Morgan fingerprint density at radius 2 is 1.65 bits per heavy atom. The lowest BCUT2D eigenvalue weighted by Crippen LogP contribution is -2.11. The van der Waals surface area contributed by atoms with Gasteiger partial charge in [-0.25, -0.2) is 4.79 Å². The normalized spacial score (nSPS) is 10.5. The maximum Gasteiger partial charge on any atom is 0.331 e. The first-order chi connectivity index (χ1) is 15.1. The molecular formula is C25H23NO5. The first-order valence-electron chi connectivity index (χ1n) is 9.61. The van der Waals surface area contributed by atoms with Crippen molar-refractivity contribution in [3.05, 3.63) is 95.6 Å². The van der Waals surface area contributed by atoms with Crippen LogP contribution in [-0.2, 0) is 16.1 Å². The van der Waals surface area contributed by atoms with E-state index in [0.29, 0.717) is 22.6 Å². The number of rotatable bonds is 8. The van der Waals surface area contributed by atoms with Crippen LogP contribution in [0.1, 0.15) is 21.5 Å². The first kappa shape index (κ1) is 21.6. The molecule has 0 bridgehead atoms. The van der Waals surface area contributed by atoms with Crippen molar-refractivity contribution >= 4 is 23.6 Å². The van der Waals surface area contributed by atoms with Crippen LogP contribution >= 0.6 is 0 Å². The molecule has 0 radical (unpaired) electrons. The summed E-state index contributed by atoms with van der Waals surface area (Å²) in [7, 11) is 3.13. The van der Waals surface area contributed by atoms with Crippen LogP contribution in [0, 0.1) is 0 Å². The van der Waals surface area contributed by atoms with Crippen LogP contribution in [0.15, 0.2) is 78.9 Å². The van der Waals surface area contributed by atoms with E-state index in [0.717, 1.165) is 11.3 Å². The summed E-state index contributed by atoms with van der Waals surface area (Å²) in [5.41, 5.74) is 2.72. The quantitative estimate of drug-likeness (QED) is 0.424. The summed E-state index contributed by atoms with van der Waals surface area (Å²) in [5.74, 6) is 0.583. The predicted molar refractivity (Wildman–Crippen MR) is 119 cm³/mol. The highest BCUT2D eigenvalue weighted by Crippen LogP contribution is 2.25. The molecule has 0 saturated heterocycles. The van der Waals surface area contributed by atoms with Gasteiger partial charge >= 0.3 is 5.97 Å². The van der Waals surface area contributed by atoms with E-state index in [1.165, 1.54) is 6.08 Å². The van der Waals surface area contributed by atoms with Gasteiger partial charge in [-0.1, -0.05) is 30.3 Å². The fraction of sp³-hybridized carbons (Fsp3) is 0.120. The second-order valence-electron chi connectivity index (χ2n) is 6.57. The van der Waals surface area contributed by atoms with Crippen molar-refractivity contribution in [1.29, 1.82) is 0 Å². The lowest BCUT2D eigenvalue weighted by molar-refractivity contribution is -0.138. The molecular weight excluding hydrogens is 394 g/mol. The van der Waals surface area contributed by atoms with E-state index >= 15 is 0 Å². The van der Waals surface area contributed by atoms with Crippen LogP contribution in [0.4, 0.5) is 5.69 Å². The Morgan fingerprint density at radius 1 is 0.903 bits per heavy atom. The monoisotopic (exact) mass is 417 g/mol. The fourth-order valence-corrected chi connectivity index (χ4v) is 2.81. The van der Waals surface area contributed by atoms with E-state index in [1.54, 1.807) is 62.8 Å². The van der Waals surface area contributed by atoms with Crippen LogP contribution in [-0.4, -0.2) is 26.1 Å². The van der Waals surface area contributed by atoms with Crippen molar-refractivity contribution < 1.29 is 23.8 Å². The van der Waals surface area contributed by atoms with Crippen molar-refractivity contribution in [3.8, 4) is 11.5 Å². The number of anilines is 1. The fourth-order valence-electron chi connectivity index (χ4n) is 2.81. The zero-order chi connectivity index (χ0) is 22.1. The minimum atomic E-state index is -0.490. The third-order valence-corrected chi connectivity index (χ3v) is 4.46. The Labute approximate surface area is 181 Å². The molecule has 0 unspecified atom stereocenters. The third kappa shape index (κ3) is 6.21. The van der Waals surface area contributed by atoms with Crippen molar-refractivity contribution in [2.45, 2.75) is 6.61 Å². The topological polar surface area (TPSA) is 73.9 Å². The molecule has 0 atom stereocenters. The Morgan fingerprint density at radius 3 is 2.32 bits per heavy atom. The third-order valence-electron chi connectivity index (χ3n) is 4.46. The van der Waals surface area contributed by atoms with E-state index in [-0.39, 0.29) is 12.5 Å². The van der Waals surface area contributed by atoms with Crippen molar-refractivity contribution in [2.75, 3.05) is 19.5 Å². The Balaban J connectivity index is 1.55. The molecule has 0 saturated carbocycles. The number of methoxy groups -OCH3 is 2. The summed E-state index contributed by atoms with van der Waals surface area (Å²) in [6, 6.07) is 21.4. The minimum Gasteiger partial charge on any atom is -0.497 e. The number of para-hydroxylation sites is 1. The molecule has 0 aliphatic heterocycles. The maximum atomic E-state index is 12.3. The molecule has 1 amide bonds. The average Bonchev–Trinajstić information content (AvgIpc) is 2.82. The molecule has 158 valence electrons. The zero-order valence-corrected chi connectivity index (χ0v) is 17.3. The van der Waals surface area contributed by atoms with Gasteiger partial charge < -0.3 is 19.5 Å². The molecule has 6 heteroatoms. The average molecular weight is 417 g/mol. The SMILES string of the molecule is COc1ccc(OC)c(/C=C\C(=O)OCc2ccc(C(=O)Nc3ccccc3)cc2)c1. The number of hydrogen-bond donors (Lipinski definition) is 1. The van der Waals surface area contributed by atoms with Gasteiger partial charge in [-0.2, -0.15) is 0 Å². The highest BCUT2D eigenvalue weighted by atomic mass is 16.5. The van der Waals surface area contributed by atoms with Gasteiger partial charge in [-0.15, -0.1) is 0 Å². The highest BCUT2D eigenvalue weighted by Gasteiger charge is 2.07. The van der Waals surface area contributed by atoms with E-state index in [1.807, 2.05) is 30.3 Å². The van der Waals surface area contributed by atoms with Crippen LogP contribution in [0.3, 0.4) is 0 Å². The summed E-state index contributed by atoms with van der Waals surface area (Å²) in [4.78, 5) is 24.4. The number of nitrogens with one attached hydrogen (secondary N) is 1. The Hall–Kier alpha value is -4.06. The number of carbonyl (C=O) groups is 2. The molecule has 3 aromatic rings. The highest BCUT2D eigenvalue weighted by molar-refractivity contribution is 6.04. The van der Waals surface area contributed by atoms with Gasteiger partial charge in [0.2, 0.25) is 0 Å². The van der Waals surface area contributed by atoms with E-state index in [2.05, 4.69) is 5.32 Å². The summed E-state index contributed by atoms with van der Waals surface area (Å²) < 4.78 is 15.8. The van der Waals surface area contributed by atoms with E-state index in [4.69, 9.17) is 14.2 Å². The molecule has 0 heterocycles. The van der Waals surface area contributed by atoms with Crippen molar-refractivity contribution in [2.24, 2.45) is 0 Å². The van der Waals surface area contributed by atoms with Gasteiger partial charge in [0, 0.05) is 22.9 Å². The maximum absolute atomic E-state index is 12.3. The number of amides is 1. The molecule has 6 nitrogen and oxygen atoms in total. The van der Waals surface area contributed by atoms with Gasteiger partial charge in [-0.3, -0.25) is 4.79 Å². The molecule has 1 N–H and O–H groups in total. The molecule has 31 heavy (non-hydrogen) atoms. The molecule has 0 aromatic heterocycles. The molecule has 0 fully saturated rings. The Kier molecular flexibility index (Phi) is 7.43. The number of esters is 1. The number of benzene rings is 3. The van der Waals surface area contributed by atoms with E-state index < -0.39 is 5.97 Å². The Bertz CT molecular complexity index is 1060. The summed E-state index contributed by atoms with van der Waals surface area (Å²) in [5, 5.41) is 2.83. The largest absolute Gasteiger partial charge is 0.497 e. The molecule has 0 aliphatic rings. The molecule has 0 spiro atoms. The van der Waals surface area contributed by atoms with Crippen LogP contribution < -0.4 is 14.8 Å². The number of hydrogen-bond acceptors (Lipinski definition) is 5. The lowest BCUT2D eigenvalue weighted by atomic mass is 10.1. The number of carbonyl (C=O) groups excluding carboxylic acids is 2. The summed E-state index contributed by atoms with van der Waals surface area (Å²) in [6.45, 7) is 0.0962. The van der Waals surface area contributed by atoms with Gasteiger partial charge in [0.25, 0.3) is 5.91 Å². The lowest BCUT2D eigenvalue weighted by Gasteiger charge is -2.07. The first-order valence-corrected chi connectivity index (χ1v) is 9.61. The van der Waals surface area contributed by atoms with Gasteiger partial charge in [0.1, 0.15) is 18.1 Å². The molecule has 0 aliphatic carbocycles. The van der Waals surface area contributed by atoms with Crippen LogP contribution in [0.5, 0.6) is 11.5 Å². The zero-order valence-electron chi connectivity index (χ0n) is 17.3. The standard InChI is InChI=1S/C25H23NO5/c1-29-22-13-14-23(30-2)20(16-22)12-15-24(27)31-17-18-8-10-19(11-9-18)25(28)26-21-6-4-3-5-7-21/h3-16H,17H2,1-2H3,(H,26,28)/b15-12-. The predicted octanol–water partition coefficient (Wildman–Crippen LogP) is 4.71. The smallest absolute Gasteiger partial charge is 0.331 e. The van der Waals surface area contributed by atoms with Gasteiger partial charge in [0.05, 0.1) is 14.2 Å². The van der Waals surface area contributed by atoms with Crippen molar-refractivity contribution in [1.82, 2.24) is 0 Å². The number of ether oxygens (including phenoxy) is 3. The van der Waals surface area contributed by atoms with Crippen molar-refractivity contribution in [3.63, 3.8) is 0 Å². The second kappa shape index (κ2) is 10.6. The summed E-state index contributed by atoms with van der Waals surface area (Å²) >= 11 is 0. The molecule has 3 rings (SSSR count). The van der Waals surface area contributed by atoms with Gasteiger partial charge in [-0.05, 0) is 54.1 Å². The second-order valence-corrected chi connectivity index (χ2v) is 6.57.